The van der Waals surface area contributed by atoms with Gasteiger partial charge in [0.05, 0.1) is 0 Å². The van der Waals surface area contributed by atoms with Crippen molar-refractivity contribution in [1.82, 2.24) is 9.84 Å². The summed E-state index contributed by atoms with van der Waals surface area (Å²) in [6.45, 7) is 5.67. The smallest absolute Gasteiger partial charge is 0.229 e. The fraction of sp³-hybridized carbons (Fsp3) is 1.00. The van der Waals surface area contributed by atoms with Crippen molar-refractivity contribution in [3.05, 3.63) is 0 Å². The van der Waals surface area contributed by atoms with Crippen molar-refractivity contribution in [2.45, 2.75) is 20.3 Å². The van der Waals surface area contributed by atoms with Gasteiger partial charge in [-0.3, -0.25) is 0 Å². The maximum Gasteiger partial charge on any atom is 0.310 e. The van der Waals surface area contributed by atoms with Gasteiger partial charge in [0.1, 0.15) is 0 Å². The molecule has 1 N–H and O–H groups in total. The van der Waals surface area contributed by atoms with Crippen LogP contribution in [0.2, 0.25) is 0 Å². The Hall–Kier alpha value is 0.160. The van der Waals surface area contributed by atoms with Crippen LogP contribution in [0.5, 0.6) is 0 Å². The third-order valence-corrected chi connectivity index (χ3v) is 2.79. The van der Waals surface area contributed by atoms with Crippen molar-refractivity contribution in [2.75, 3.05) is 13.1 Å². The molecule has 0 bridgehead atoms. The lowest BCUT2D eigenvalue weighted by Crippen LogP contribution is -2.48. The first-order valence-electron chi connectivity index (χ1n) is 4.34. The molecule has 6 heteroatoms. The lowest BCUT2D eigenvalue weighted by atomic mass is 9.93. The second-order valence-electron chi connectivity index (χ2n) is 3.88. The molecular formula is C7H15ClN2O2S. The van der Waals surface area contributed by atoms with E-state index in [1.165, 1.54) is 0 Å². The van der Waals surface area contributed by atoms with Gasteiger partial charge in [-0.25, -0.2) is 5.01 Å². The van der Waals surface area contributed by atoms with Gasteiger partial charge in [0, 0.05) is 23.8 Å². The summed E-state index contributed by atoms with van der Waals surface area (Å²) in [4.78, 5) is 2.29. The van der Waals surface area contributed by atoms with E-state index in [4.69, 9.17) is 10.7 Å². The van der Waals surface area contributed by atoms with Crippen LogP contribution in [0.4, 0.5) is 0 Å². The van der Waals surface area contributed by atoms with Crippen molar-refractivity contribution in [3.8, 4) is 0 Å². The first-order chi connectivity index (χ1) is 5.87. The Balaban J connectivity index is 2.51. The van der Waals surface area contributed by atoms with Crippen LogP contribution < -0.4 is 4.83 Å². The van der Waals surface area contributed by atoms with Crippen LogP contribution in [0, 0.1) is 11.8 Å². The molecule has 13 heavy (non-hydrogen) atoms. The molecule has 1 fully saturated rings. The van der Waals surface area contributed by atoms with Crippen LogP contribution in [0.3, 0.4) is 0 Å². The summed E-state index contributed by atoms with van der Waals surface area (Å²) in [5.41, 5.74) is 0. The largest absolute Gasteiger partial charge is 0.310 e. The predicted molar refractivity (Wildman–Crippen MR) is 52.4 cm³/mol. The first kappa shape index (κ1) is 11.2. The van der Waals surface area contributed by atoms with Crippen molar-refractivity contribution < 1.29 is 8.42 Å². The Morgan fingerprint density at radius 3 is 2.15 bits per heavy atom. The molecule has 0 unspecified atom stereocenters. The third kappa shape index (κ3) is 4.26. The molecular weight excluding hydrogens is 212 g/mol. The highest BCUT2D eigenvalue weighted by molar-refractivity contribution is 8.12. The minimum atomic E-state index is -3.62. The highest BCUT2D eigenvalue weighted by atomic mass is 35.7. The highest BCUT2D eigenvalue weighted by Gasteiger charge is 2.23. The predicted octanol–water partition coefficient (Wildman–Crippen LogP) is 0.952. The van der Waals surface area contributed by atoms with Crippen LogP contribution >= 0.6 is 10.7 Å². The number of nitrogens with one attached hydrogen (secondary N) is 1. The van der Waals surface area contributed by atoms with Gasteiger partial charge in [0.15, 0.2) is 0 Å². The van der Waals surface area contributed by atoms with E-state index >= 15 is 0 Å². The second-order valence-corrected chi connectivity index (χ2v) is 6.16. The first-order valence-corrected chi connectivity index (χ1v) is 6.64. The van der Waals surface area contributed by atoms with E-state index < -0.39 is 9.24 Å². The van der Waals surface area contributed by atoms with Crippen molar-refractivity contribution in [3.63, 3.8) is 0 Å². The molecule has 2 atom stereocenters. The molecule has 78 valence electrons. The quantitative estimate of drug-likeness (QED) is 0.714. The zero-order valence-electron chi connectivity index (χ0n) is 7.83. The maximum atomic E-state index is 10.7. The van der Waals surface area contributed by atoms with Crippen molar-refractivity contribution in [1.29, 1.82) is 0 Å². The van der Waals surface area contributed by atoms with E-state index in [0.29, 0.717) is 11.8 Å². The Morgan fingerprint density at radius 2 is 1.77 bits per heavy atom. The number of rotatable bonds is 2. The summed E-state index contributed by atoms with van der Waals surface area (Å²) in [5.74, 6) is 1.02. The number of hydrazine groups is 1. The molecule has 1 aliphatic rings. The molecule has 0 aliphatic carbocycles. The van der Waals surface area contributed by atoms with E-state index in [0.717, 1.165) is 19.5 Å². The summed E-state index contributed by atoms with van der Waals surface area (Å²) < 4.78 is 21.5. The number of hydrogen-bond donors (Lipinski definition) is 1. The molecule has 0 amide bonds. The zero-order chi connectivity index (χ0) is 10.1. The lowest BCUT2D eigenvalue weighted by Gasteiger charge is -2.33. The van der Waals surface area contributed by atoms with E-state index in [-0.39, 0.29) is 0 Å². The molecule has 1 aliphatic heterocycles. The summed E-state index contributed by atoms with van der Waals surface area (Å²) in [6, 6.07) is 0. The normalized spacial score (nSPS) is 31.9. The van der Waals surface area contributed by atoms with Crippen LogP contribution in [0.15, 0.2) is 0 Å². The fourth-order valence-electron chi connectivity index (χ4n) is 1.89. The second kappa shape index (κ2) is 4.13. The summed E-state index contributed by atoms with van der Waals surface area (Å²) in [5, 5.41) is 1.67. The maximum absolute atomic E-state index is 10.7. The van der Waals surface area contributed by atoms with Gasteiger partial charge in [-0.15, -0.1) is 4.83 Å². The Kier molecular flexibility index (Phi) is 3.57. The molecule has 0 spiro atoms. The molecule has 0 aromatic carbocycles. The molecule has 0 saturated carbocycles. The monoisotopic (exact) mass is 226 g/mol. The van der Waals surface area contributed by atoms with E-state index in [1.807, 2.05) is 0 Å². The van der Waals surface area contributed by atoms with Crippen LogP contribution in [0.25, 0.3) is 0 Å². The van der Waals surface area contributed by atoms with Gasteiger partial charge >= 0.3 is 9.24 Å². The van der Waals surface area contributed by atoms with Crippen LogP contribution in [0.1, 0.15) is 20.3 Å². The standard InChI is InChI=1S/C7H15ClN2O2S/c1-6-3-7(2)5-10(4-6)9-13(8,11)12/h6-7,9H,3-5H2,1-2H3/t6-,7+. The van der Waals surface area contributed by atoms with Crippen molar-refractivity contribution >= 4 is 19.9 Å². The van der Waals surface area contributed by atoms with Gasteiger partial charge in [0.25, 0.3) is 0 Å². The molecule has 1 heterocycles. The number of hydrogen-bond acceptors (Lipinski definition) is 3. The Bertz CT molecular complexity index is 258. The Labute approximate surface area is 83.8 Å². The third-order valence-electron chi connectivity index (χ3n) is 2.11. The minimum absolute atomic E-state index is 0.509. The van der Waals surface area contributed by atoms with Crippen molar-refractivity contribution in [2.24, 2.45) is 11.8 Å². The van der Waals surface area contributed by atoms with E-state index in [2.05, 4.69) is 18.7 Å². The van der Waals surface area contributed by atoms with E-state index in [1.54, 1.807) is 5.01 Å². The number of piperidine rings is 1. The molecule has 4 nitrogen and oxygen atoms in total. The lowest BCUT2D eigenvalue weighted by molar-refractivity contribution is 0.121. The average molecular weight is 227 g/mol. The molecule has 1 rings (SSSR count). The summed E-state index contributed by atoms with van der Waals surface area (Å²) in [7, 11) is 1.46. The van der Waals surface area contributed by atoms with Gasteiger partial charge < -0.3 is 0 Å². The average Bonchev–Trinajstić information content (AvgIpc) is 1.78. The number of nitrogens with zero attached hydrogens (tertiary/aromatic N) is 1. The van der Waals surface area contributed by atoms with Gasteiger partial charge in [0.2, 0.25) is 0 Å². The molecule has 0 radical (unpaired) electrons. The highest BCUT2D eigenvalue weighted by Crippen LogP contribution is 2.19. The summed E-state index contributed by atoms with van der Waals surface area (Å²) in [6.07, 6.45) is 1.14. The molecule has 0 aromatic rings. The number of halogens is 1. The minimum Gasteiger partial charge on any atom is -0.229 e. The van der Waals surface area contributed by atoms with Gasteiger partial charge in [-0.2, -0.15) is 8.42 Å². The SMILES string of the molecule is C[C@@H]1C[C@H](C)CN(NS(=O)(=O)Cl)C1. The van der Waals surface area contributed by atoms with Gasteiger partial charge in [-0.05, 0) is 18.3 Å². The molecule has 1 saturated heterocycles. The summed E-state index contributed by atoms with van der Waals surface area (Å²) >= 11 is 0. The zero-order valence-corrected chi connectivity index (χ0v) is 9.40. The van der Waals surface area contributed by atoms with Gasteiger partial charge in [-0.1, -0.05) is 13.8 Å². The topological polar surface area (TPSA) is 49.4 Å². The van der Waals surface area contributed by atoms with E-state index in [9.17, 15) is 8.42 Å². The van der Waals surface area contributed by atoms with Crippen LogP contribution in [-0.2, 0) is 9.24 Å². The Morgan fingerprint density at radius 1 is 1.31 bits per heavy atom. The molecule has 0 aromatic heterocycles. The fourth-order valence-corrected chi connectivity index (χ4v) is 2.64. The van der Waals surface area contributed by atoms with Crippen LogP contribution in [-0.4, -0.2) is 26.5 Å².